The number of carbonyl (C=O) groups excluding carboxylic acids is 1. The van der Waals surface area contributed by atoms with Crippen molar-refractivity contribution in [2.24, 2.45) is 5.10 Å². The minimum absolute atomic E-state index is 0.0459. The lowest BCUT2D eigenvalue weighted by atomic mass is 9.95. The number of carbonyl (C=O) groups is 1. The number of hydrogen-bond acceptors (Lipinski definition) is 3. The fourth-order valence-corrected chi connectivity index (χ4v) is 3.86. The number of benzene rings is 2. The third kappa shape index (κ3) is 3.03. The van der Waals surface area contributed by atoms with Gasteiger partial charge in [-0.3, -0.25) is 9.59 Å². The van der Waals surface area contributed by atoms with Gasteiger partial charge in [-0.2, -0.15) is 5.10 Å². The minimum atomic E-state index is -0.187. The molecular weight excluding hydrogens is 350 g/mol. The number of rotatable bonds is 3. The third-order valence-electron chi connectivity index (χ3n) is 5.40. The number of H-pyrrole nitrogens is 1. The summed E-state index contributed by atoms with van der Waals surface area (Å²) in [5.74, 6) is -0.0459. The summed E-state index contributed by atoms with van der Waals surface area (Å²) in [5, 5.41) is 7.16. The van der Waals surface area contributed by atoms with Crippen LogP contribution in [0.3, 0.4) is 0 Å². The van der Waals surface area contributed by atoms with Gasteiger partial charge in [0.1, 0.15) is 0 Å². The molecular formula is C23H23N3O2. The lowest BCUT2D eigenvalue weighted by Gasteiger charge is -2.21. The third-order valence-corrected chi connectivity index (χ3v) is 5.40. The van der Waals surface area contributed by atoms with Crippen LogP contribution in [0.1, 0.15) is 48.1 Å². The van der Waals surface area contributed by atoms with E-state index in [1.165, 1.54) is 0 Å². The Balaban J connectivity index is 1.82. The number of fused-ring (bicyclic) bond motifs is 1. The van der Waals surface area contributed by atoms with Gasteiger partial charge in [0.15, 0.2) is 0 Å². The Labute approximate surface area is 163 Å². The number of pyridine rings is 1. The Morgan fingerprint density at radius 1 is 1.14 bits per heavy atom. The molecule has 0 saturated heterocycles. The van der Waals surface area contributed by atoms with E-state index in [9.17, 15) is 9.59 Å². The average Bonchev–Trinajstić information content (AvgIpc) is 3.13. The van der Waals surface area contributed by atoms with Crippen molar-refractivity contribution in [3.05, 3.63) is 81.1 Å². The molecule has 1 unspecified atom stereocenters. The van der Waals surface area contributed by atoms with Gasteiger partial charge >= 0.3 is 0 Å². The van der Waals surface area contributed by atoms with E-state index in [1.807, 2.05) is 69.3 Å². The lowest BCUT2D eigenvalue weighted by Crippen LogP contribution is -2.26. The van der Waals surface area contributed by atoms with E-state index < -0.39 is 0 Å². The molecule has 0 aliphatic carbocycles. The van der Waals surface area contributed by atoms with Gasteiger partial charge in [0.25, 0.3) is 5.56 Å². The summed E-state index contributed by atoms with van der Waals surface area (Å²) < 4.78 is 0. The first kappa shape index (κ1) is 18.2. The molecule has 4 rings (SSSR count). The topological polar surface area (TPSA) is 65.5 Å². The molecule has 1 aliphatic heterocycles. The van der Waals surface area contributed by atoms with Crippen LogP contribution in [-0.2, 0) is 4.79 Å². The fraction of sp³-hybridized carbons (Fsp3) is 0.261. The highest BCUT2D eigenvalue weighted by Gasteiger charge is 2.34. The highest BCUT2D eigenvalue weighted by Crippen LogP contribution is 2.34. The number of aromatic amines is 1. The molecule has 142 valence electrons. The molecule has 1 atom stereocenters. The molecule has 5 heteroatoms. The van der Waals surface area contributed by atoms with Crippen LogP contribution >= 0.6 is 0 Å². The van der Waals surface area contributed by atoms with Gasteiger partial charge in [-0.05, 0) is 31.0 Å². The number of para-hydroxylation sites is 1. The minimum Gasteiger partial charge on any atom is -0.321 e. The highest BCUT2D eigenvalue weighted by atomic mass is 16.2. The molecule has 28 heavy (non-hydrogen) atoms. The van der Waals surface area contributed by atoms with E-state index in [1.54, 1.807) is 5.01 Å². The SMILES string of the molecule is CCC(=O)N1N=C(c2c(C)c3ccccc3[nH]c2=O)CC1c1ccc(C)cc1. The monoisotopic (exact) mass is 373 g/mol. The summed E-state index contributed by atoms with van der Waals surface area (Å²) in [5.41, 5.74) is 4.97. The van der Waals surface area contributed by atoms with Crippen molar-refractivity contribution in [3.63, 3.8) is 0 Å². The van der Waals surface area contributed by atoms with Crippen LogP contribution in [0.5, 0.6) is 0 Å². The standard InChI is InChI=1S/C23H23N3O2/c1-4-21(27)26-20(16-11-9-14(2)10-12-16)13-19(25-26)22-15(3)17-7-5-6-8-18(17)24-23(22)28/h5-12,20H,4,13H2,1-3H3,(H,24,28). The Morgan fingerprint density at radius 2 is 1.86 bits per heavy atom. The second-order valence-corrected chi connectivity index (χ2v) is 7.27. The summed E-state index contributed by atoms with van der Waals surface area (Å²) in [4.78, 5) is 28.3. The largest absolute Gasteiger partial charge is 0.321 e. The molecule has 0 fully saturated rings. The second kappa shape index (κ2) is 7.08. The fourth-order valence-electron chi connectivity index (χ4n) is 3.86. The summed E-state index contributed by atoms with van der Waals surface area (Å²) in [7, 11) is 0. The molecule has 1 N–H and O–H groups in total. The van der Waals surface area contributed by atoms with Gasteiger partial charge < -0.3 is 4.98 Å². The predicted octanol–water partition coefficient (Wildman–Crippen LogP) is 4.23. The van der Waals surface area contributed by atoms with Gasteiger partial charge in [-0.15, -0.1) is 0 Å². The zero-order valence-corrected chi connectivity index (χ0v) is 16.3. The number of aromatic nitrogens is 1. The van der Waals surface area contributed by atoms with Crippen molar-refractivity contribution < 1.29 is 4.79 Å². The Bertz CT molecular complexity index is 1140. The number of nitrogens with zero attached hydrogens (tertiary/aromatic N) is 2. The quantitative estimate of drug-likeness (QED) is 0.746. The maximum atomic E-state index is 12.8. The maximum absolute atomic E-state index is 12.8. The van der Waals surface area contributed by atoms with Crippen LogP contribution in [-0.4, -0.2) is 21.6 Å². The van der Waals surface area contributed by atoms with Crippen molar-refractivity contribution in [2.75, 3.05) is 0 Å². The molecule has 0 saturated carbocycles. The van der Waals surface area contributed by atoms with E-state index in [4.69, 9.17) is 0 Å². The Hall–Kier alpha value is -3.21. The lowest BCUT2D eigenvalue weighted by molar-refractivity contribution is -0.132. The predicted molar refractivity (Wildman–Crippen MR) is 112 cm³/mol. The number of nitrogens with one attached hydrogen (secondary N) is 1. The number of amides is 1. The van der Waals surface area contributed by atoms with Crippen LogP contribution in [0, 0.1) is 13.8 Å². The normalized spacial score (nSPS) is 16.5. The molecule has 2 aromatic carbocycles. The molecule has 0 radical (unpaired) electrons. The molecule has 5 nitrogen and oxygen atoms in total. The van der Waals surface area contributed by atoms with Gasteiger partial charge in [-0.1, -0.05) is 55.0 Å². The van der Waals surface area contributed by atoms with Crippen LogP contribution in [0.2, 0.25) is 0 Å². The summed E-state index contributed by atoms with van der Waals surface area (Å²) >= 11 is 0. The zero-order valence-electron chi connectivity index (χ0n) is 16.3. The molecule has 0 spiro atoms. The molecule has 0 bridgehead atoms. The number of hydrogen-bond donors (Lipinski definition) is 1. The molecule has 2 heterocycles. The average molecular weight is 373 g/mol. The van der Waals surface area contributed by atoms with Crippen LogP contribution in [0.4, 0.5) is 0 Å². The summed E-state index contributed by atoms with van der Waals surface area (Å²) in [6.45, 7) is 5.81. The number of aryl methyl sites for hydroxylation is 2. The van der Waals surface area contributed by atoms with E-state index in [0.717, 1.165) is 27.6 Å². The van der Waals surface area contributed by atoms with Crippen molar-refractivity contribution in [2.45, 2.75) is 39.7 Å². The highest BCUT2D eigenvalue weighted by molar-refractivity contribution is 6.06. The molecule has 1 aromatic heterocycles. The Morgan fingerprint density at radius 3 is 2.57 bits per heavy atom. The summed E-state index contributed by atoms with van der Waals surface area (Å²) in [6, 6.07) is 15.7. The second-order valence-electron chi connectivity index (χ2n) is 7.27. The maximum Gasteiger partial charge on any atom is 0.257 e. The van der Waals surface area contributed by atoms with E-state index >= 15 is 0 Å². The first-order chi connectivity index (χ1) is 13.5. The smallest absolute Gasteiger partial charge is 0.257 e. The first-order valence-electron chi connectivity index (χ1n) is 9.57. The van der Waals surface area contributed by atoms with Crippen LogP contribution in [0.15, 0.2) is 58.4 Å². The van der Waals surface area contributed by atoms with Gasteiger partial charge in [-0.25, -0.2) is 5.01 Å². The van der Waals surface area contributed by atoms with Crippen molar-refractivity contribution in [1.82, 2.24) is 9.99 Å². The first-order valence-corrected chi connectivity index (χ1v) is 9.57. The van der Waals surface area contributed by atoms with Crippen LogP contribution in [0.25, 0.3) is 10.9 Å². The molecule has 1 amide bonds. The van der Waals surface area contributed by atoms with E-state index in [2.05, 4.69) is 10.1 Å². The molecule has 3 aromatic rings. The van der Waals surface area contributed by atoms with E-state index in [-0.39, 0.29) is 17.5 Å². The van der Waals surface area contributed by atoms with Gasteiger partial charge in [0.2, 0.25) is 5.91 Å². The zero-order chi connectivity index (χ0) is 19.8. The van der Waals surface area contributed by atoms with Gasteiger partial charge in [0, 0.05) is 23.7 Å². The van der Waals surface area contributed by atoms with Crippen molar-refractivity contribution in [3.8, 4) is 0 Å². The Kier molecular flexibility index (Phi) is 4.59. The number of hydrazone groups is 1. The van der Waals surface area contributed by atoms with Gasteiger partial charge in [0.05, 0.1) is 17.3 Å². The van der Waals surface area contributed by atoms with E-state index in [0.29, 0.717) is 24.1 Å². The van der Waals surface area contributed by atoms with Crippen LogP contribution < -0.4 is 5.56 Å². The van der Waals surface area contributed by atoms with Crippen molar-refractivity contribution in [1.29, 1.82) is 0 Å². The molecule has 1 aliphatic rings. The summed E-state index contributed by atoms with van der Waals surface area (Å²) in [6.07, 6.45) is 0.892. The van der Waals surface area contributed by atoms with Crippen molar-refractivity contribution >= 4 is 22.5 Å².